The third kappa shape index (κ3) is 5.79. The summed E-state index contributed by atoms with van der Waals surface area (Å²) < 4.78 is 37.7. The first-order valence-electron chi connectivity index (χ1n) is 9.33. The predicted octanol–water partition coefficient (Wildman–Crippen LogP) is 2.69. The van der Waals surface area contributed by atoms with Crippen LogP contribution in [0.5, 0.6) is 0 Å². The average molecular weight is 445 g/mol. The Morgan fingerprint density at radius 2 is 1.83 bits per heavy atom. The Morgan fingerprint density at radius 1 is 1.13 bits per heavy atom. The number of anilines is 2. The molecule has 0 aromatic carbocycles. The zero-order chi connectivity index (χ0) is 21.6. The Hall–Kier alpha value is -2.47. The van der Waals surface area contributed by atoms with Crippen molar-refractivity contribution in [1.29, 1.82) is 0 Å². The number of carboxylic acid groups (broad SMARTS) is 1. The van der Waals surface area contributed by atoms with Crippen LogP contribution < -0.4 is 9.80 Å². The number of alkyl halides is 3. The Labute approximate surface area is 175 Å². The molecule has 0 aliphatic carbocycles. The molecule has 12 heteroatoms. The lowest BCUT2D eigenvalue weighted by Crippen LogP contribution is -2.51. The monoisotopic (exact) mass is 445 g/mol. The SMILES string of the molecule is O=C(O)C(F)(F)F.c1cnc(N2CCOCC3(CCCN(c4nccs4)C3)C2)nc1. The van der Waals surface area contributed by atoms with E-state index in [2.05, 4.69) is 24.8 Å². The standard InChI is InChI=1S/C16H21N5OS.C2HF3O2/c1-3-16(12-21(7-1)15-19-6-10-23-15)11-20(8-9-22-13-16)14-17-4-2-5-18-14;3-2(4,5)1(6)7/h2,4-6,10H,1,3,7-9,11-13H2;(H,6,7). The largest absolute Gasteiger partial charge is 0.490 e. The zero-order valence-electron chi connectivity index (χ0n) is 16.1. The van der Waals surface area contributed by atoms with E-state index in [1.54, 1.807) is 11.3 Å². The van der Waals surface area contributed by atoms with E-state index in [-0.39, 0.29) is 5.41 Å². The van der Waals surface area contributed by atoms with Crippen molar-refractivity contribution >= 4 is 28.4 Å². The van der Waals surface area contributed by atoms with Crippen LogP contribution in [0.25, 0.3) is 0 Å². The molecule has 164 valence electrons. The summed E-state index contributed by atoms with van der Waals surface area (Å²) in [6, 6.07) is 1.86. The molecule has 30 heavy (non-hydrogen) atoms. The van der Waals surface area contributed by atoms with E-state index < -0.39 is 12.1 Å². The second-order valence-electron chi connectivity index (χ2n) is 7.17. The van der Waals surface area contributed by atoms with E-state index in [1.165, 1.54) is 12.8 Å². The number of hydrogen-bond acceptors (Lipinski definition) is 8. The molecule has 1 spiro atoms. The zero-order valence-corrected chi connectivity index (χ0v) is 16.9. The molecule has 1 N–H and O–H groups in total. The highest BCUT2D eigenvalue weighted by Gasteiger charge is 2.40. The summed E-state index contributed by atoms with van der Waals surface area (Å²) in [7, 11) is 0. The highest BCUT2D eigenvalue weighted by atomic mass is 32.1. The molecular formula is C18H22F3N5O3S. The molecule has 1 unspecified atom stereocenters. The summed E-state index contributed by atoms with van der Waals surface area (Å²) in [4.78, 5) is 26.9. The van der Waals surface area contributed by atoms with E-state index in [1.807, 2.05) is 30.0 Å². The Morgan fingerprint density at radius 3 is 2.47 bits per heavy atom. The molecule has 1 atom stereocenters. The molecule has 4 rings (SSSR count). The van der Waals surface area contributed by atoms with Gasteiger partial charge in [-0.3, -0.25) is 0 Å². The van der Waals surface area contributed by atoms with Crippen molar-refractivity contribution in [1.82, 2.24) is 15.0 Å². The normalized spacial score (nSPS) is 22.2. The first-order chi connectivity index (χ1) is 14.3. The van der Waals surface area contributed by atoms with Crippen LogP contribution >= 0.6 is 11.3 Å². The van der Waals surface area contributed by atoms with Crippen molar-refractivity contribution in [2.75, 3.05) is 49.2 Å². The molecule has 0 saturated carbocycles. The predicted molar refractivity (Wildman–Crippen MR) is 105 cm³/mol. The third-order valence-electron chi connectivity index (χ3n) is 4.87. The van der Waals surface area contributed by atoms with Crippen LogP contribution in [0.3, 0.4) is 0 Å². The summed E-state index contributed by atoms with van der Waals surface area (Å²) in [5, 5.41) is 10.3. The maximum Gasteiger partial charge on any atom is 0.490 e. The van der Waals surface area contributed by atoms with Crippen molar-refractivity contribution in [2.24, 2.45) is 5.41 Å². The first kappa shape index (κ1) is 22.2. The van der Waals surface area contributed by atoms with E-state index in [4.69, 9.17) is 14.6 Å². The van der Waals surface area contributed by atoms with E-state index in [0.717, 1.165) is 50.5 Å². The lowest BCUT2D eigenvalue weighted by Gasteiger charge is -2.43. The van der Waals surface area contributed by atoms with Gasteiger partial charge in [0.1, 0.15) is 0 Å². The highest BCUT2D eigenvalue weighted by Crippen LogP contribution is 2.36. The maximum absolute atomic E-state index is 10.6. The Balaban J connectivity index is 0.000000318. The number of nitrogens with zero attached hydrogens (tertiary/aromatic N) is 5. The first-order valence-corrected chi connectivity index (χ1v) is 10.2. The van der Waals surface area contributed by atoms with Crippen molar-refractivity contribution in [3.8, 4) is 0 Å². The van der Waals surface area contributed by atoms with Crippen LogP contribution in [0.2, 0.25) is 0 Å². The highest BCUT2D eigenvalue weighted by molar-refractivity contribution is 7.13. The van der Waals surface area contributed by atoms with Gasteiger partial charge in [-0.05, 0) is 18.9 Å². The van der Waals surface area contributed by atoms with Crippen LogP contribution in [0, 0.1) is 5.41 Å². The number of aromatic nitrogens is 3. The topological polar surface area (TPSA) is 91.7 Å². The molecule has 2 fully saturated rings. The number of thiazole rings is 1. The van der Waals surface area contributed by atoms with Gasteiger partial charge in [0.15, 0.2) is 5.13 Å². The van der Waals surface area contributed by atoms with Gasteiger partial charge in [-0.25, -0.2) is 19.7 Å². The number of carbonyl (C=O) groups is 1. The van der Waals surface area contributed by atoms with Crippen LogP contribution in [0.1, 0.15) is 12.8 Å². The molecule has 0 radical (unpaired) electrons. The molecule has 4 heterocycles. The second-order valence-corrected chi connectivity index (χ2v) is 8.04. The summed E-state index contributed by atoms with van der Waals surface area (Å²) in [5.41, 5.74) is 0.125. The number of carboxylic acids is 1. The Bertz CT molecular complexity index is 809. The van der Waals surface area contributed by atoms with Gasteiger partial charge in [0.05, 0.1) is 13.2 Å². The van der Waals surface area contributed by atoms with Crippen molar-refractivity contribution < 1.29 is 27.8 Å². The summed E-state index contributed by atoms with van der Waals surface area (Å²) in [5.74, 6) is -1.95. The fourth-order valence-corrected chi connectivity index (χ4v) is 4.28. The molecule has 2 aliphatic rings. The van der Waals surface area contributed by atoms with Gasteiger partial charge >= 0.3 is 12.1 Å². The molecule has 0 amide bonds. The number of halogens is 3. The van der Waals surface area contributed by atoms with E-state index in [9.17, 15) is 13.2 Å². The van der Waals surface area contributed by atoms with Crippen LogP contribution in [0.15, 0.2) is 30.0 Å². The minimum atomic E-state index is -5.08. The number of hydrogen-bond donors (Lipinski definition) is 1. The van der Waals surface area contributed by atoms with Crippen molar-refractivity contribution in [3.05, 3.63) is 30.0 Å². The number of piperidine rings is 1. The fraction of sp³-hybridized carbons (Fsp3) is 0.556. The van der Waals surface area contributed by atoms with Crippen LogP contribution in [0.4, 0.5) is 24.3 Å². The number of ether oxygens (including phenoxy) is 1. The molecule has 8 nitrogen and oxygen atoms in total. The third-order valence-corrected chi connectivity index (χ3v) is 5.70. The molecule has 2 aromatic heterocycles. The Kier molecular flexibility index (Phi) is 7.08. The van der Waals surface area contributed by atoms with Gasteiger partial charge in [0, 0.05) is 55.6 Å². The minimum absolute atomic E-state index is 0.125. The summed E-state index contributed by atoms with van der Waals surface area (Å²) >= 11 is 1.71. The molecular weight excluding hydrogens is 423 g/mol. The van der Waals surface area contributed by atoms with Crippen LogP contribution in [-0.2, 0) is 9.53 Å². The number of aliphatic carboxylic acids is 1. The smallest absolute Gasteiger partial charge is 0.475 e. The number of rotatable bonds is 2. The second kappa shape index (κ2) is 9.56. The maximum atomic E-state index is 10.6. The van der Waals surface area contributed by atoms with Gasteiger partial charge in [0.2, 0.25) is 5.95 Å². The molecule has 2 aliphatic heterocycles. The molecule has 2 aromatic rings. The summed E-state index contributed by atoms with van der Waals surface area (Å²) in [6.07, 6.45) is 2.77. The average Bonchev–Trinajstić information content (AvgIpc) is 3.19. The molecule has 2 saturated heterocycles. The summed E-state index contributed by atoms with van der Waals surface area (Å²) in [6.45, 7) is 5.40. The quantitative estimate of drug-likeness (QED) is 0.755. The molecule has 0 bridgehead atoms. The van der Waals surface area contributed by atoms with E-state index >= 15 is 0 Å². The van der Waals surface area contributed by atoms with Gasteiger partial charge in [-0.1, -0.05) is 0 Å². The van der Waals surface area contributed by atoms with Crippen molar-refractivity contribution in [2.45, 2.75) is 19.0 Å². The van der Waals surface area contributed by atoms with Gasteiger partial charge in [-0.2, -0.15) is 13.2 Å². The van der Waals surface area contributed by atoms with Crippen molar-refractivity contribution in [3.63, 3.8) is 0 Å². The van der Waals surface area contributed by atoms with Gasteiger partial charge in [0.25, 0.3) is 0 Å². The van der Waals surface area contributed by atoms with Crippen LogP contribution in [-0.4, -0.2) is 71.6 Å². The van der Waals surface area contributed by atoms with Gasteiger partial charge < -0.3 is 19.6 Å². The fourth-order valence-electron chi connectivity index (χ4n) is 3.61. The lowest BCUT2D eigenvalue weighted by atomic mass is 9.80. The lowest BCUT2D eigenvalue weighted by molar-refractivity contribution is -0.192. The van der Waals surface area contributed by atoms with Gasteiger partial charge in [-0.15, -0.1) is 11.3 Å². The minimum Gasteiger partial charge on any atom is -0.475 e. The van der Waals surface area contributed by atoms with E-state index in [0.29, 0.717) is 0 Å².